The van der Waals surface area contributed by atoms with Gasteiger partial charge in [-0.05, 0) is 61.7 Å². The number of pyridine rings is 1. The first kappa shape index (κ1) is 26.8. The van der Waals surface area contributed by atoms with Crippen molar-refractivity contribution in [2.75, 3.05) is 26.7 Å². The second kappa shape index (κ2) is 12.8. The smallest absolute Gasteiger partial charge is 0.256 e. The molecule has 1 aromatic carbocycles. The van der Waals surface area contributed by atoms with Gasteiger partial charge in [-0.2, -0.15) is 0 Å². The van der Waals surface area contributed by atoms with Crippen LogP contribution in [0.5, 0.6) is 5.75 Å². The van der Waals surface area contributed by atoms with Crippen LogP contribution in [-0.2, 0) is 17.9 Å². The lowest BCUT2D eigenvalue weighted by atomic mass is 9.93. The van der Waals surface area contributed by atoms with Crippen molar-refractivity contribution in [1.29, 1.82) is 0 Å². The van der Waals surface area contributed by atoms with Crippen LogP contribution in [0.15, 0.2) is 60.9 Å². The number of aromatic nitrogens is 1. The average molecular weight is 522 g/mol. The maximum absolute atomic E-state index is 13.4. The second-order valence-corrected chi connectivity index (χ2v) is 10.7. The summed E-state index contributed by atoms with van der Waals surface area (Å²) in [5.41, 5.74) is 7.27. The Kier molecular flexibility index (Phi) is 9.27. The molecular weight excluding hydrogens is 486 g/mol. The number of nitrogens with two attached hydrogens (primary N) is 1. The van der Waals surface area contributed by atoms with Gasteiger partial charge in [0, 0.05) is 60.9 Å². The molecule has 4 rings (SSSR count). The fourth-order valence-electron chi connectivity index (χ4n) is 4.83. The number of piperidine rings is 1. The minimum absolute atomic E-state index is 0.111. The van der Waals surface area contributed by atoms with Crippen LogP contribution in [0.3, 0.4) is 0 Å². The Morgan fingerprint density at radius 3 is 2.78 bits per heavy atom. The van der Waals surface area contributed by atoms with Crippen molar-refractivity contribution in [3.05, 3.63) is 81.8 Å². The van der Waals surface area contributed by atoms with Gasteiger partial charge in [0.2, 0.25) is 5.91 Å². The number of nitrogens with one attached hydrogen (secondary N) is 1. The van der Waals surface area contributed by atoms with Crippen molar-refractivity contribution in [1.82, 2.24) is 20.1 Å². The van der Waals surface area contributed by atoms with Gasteiger partial charge in [0.15, 0.2) is 0 Å². The molecule has 1 aliphatic heterocycles. The lowest BCUT2D eigenvalue weighted by molar-refractivity contribution is -0.127. The number of thiophene rings is 1. The predicted molar refractivity (Wildman–Crippen MR) is 145 cm³/mol. The number of carbonyl (C=O) groups excluding carboxylic acids is 2. The summed E-state index contributed by atoms with van der Waals surface area (Å²) >= 11 is 1.79. The third-order valence-electron chi connectivity index (χ3n) is 6.68. The van der Waals surface area contributed by atoms with Gasteiger partial charge in [-0.3, -0.25) is 19.5 Å². The third kappa shape index (κ3) is 6.94. The van der Waals surface area contributed by atoms with Crippen molar-refractivity contribution in [3.63, 3.8) is 0 Å². The van der Waals surface area contributed by atoms with Gasteiger partial charge < -0.3 is 20.7 Å². The minimum Gasteiger partial charge on any atom is -0.497 e. The Labute approximate surface area is 222 Å². The number of rotatable bonds is 10. The number of hydrogen-bond donors (Lipinski definition) is 2. The zero-order chi connectivity index (χ0) is 26.2. The van der Waals surface area contributed by atoms with Crippen molar-refractivity contribution in [2.24, 2.45) is 5.73 Å². The lowest BCUT2D eigenvalue weighted by Gasteiger charge is -2.43. The predicted octanol–water partition coefficient (Wildman–Crippen LogP) is 3.21. The molecule has 3 N–H and O–H groups in total. The fourth-order valence-corrected chi connectivity index (χ4v) is 5.74. The number of hydrogen-bond acceptors (Lipinski definition) is 7. The van der Waals surface area contributed by atoms with Crippen LogP contribution in [-0.4, -0.2) is 65.4 Å². The molecule has 1 fully saturated rings. The Bertz CT molecular complexity index is 1190. The molecule has 2 amide bonds. The maximum Gasteiger partial charge on any atom is 0.256 e. The number of methoxy groups -OCH3 is 1. The molecule has 1 unspecified atom stereocenters. The summed E-state index contributed by atoms with van der Waals surface area (Å²) in [5.74, 6) is 0.480. The average Bonchev–Trinajstić information content (AvgIpc) is 3.35. The number of aryl methyl sites for hydroxylation is 1. The summed E-state index contributed by atoms with van der Waals surface area (Å²) < 4.78 is 5.44. The first-order chi connectivity index (χ1) is 18.0. The molecule has 0 saturated carbocycles. The number of likely N-dealkylation sites (tertiary alicyclic amines) is 1. The SMILES string of the molecule is COc1cccc(CN(Cc2ccc(C)s2)C2CCN(C(=O)c3cccnc3)[C@@H](C(=O)NCCN)C2)c1. The molecule has 1 saturated heterocycles. The van der Waals surface area contributed by atoms with E-state index in [0.717, 1.165) is 24.3 Å². The molecule has 3 aromatic rings. The number of amides is 2. The summed E-state index contributed by atoms with van der Waals surface area (Å²) in [7, 11) is 1.67. The van der Waals surface area contributed by atoms with Gasteiger partial charge >= 0.3 is 0 Å². The van der Waals surface area contributed by atoms with Crippen LogP contribution < -0.4 is 15.8 Å². The van der Waals surface area contributed by atoms with Crippen molar-refractivity contribution < 1.29 is 14.3 Å². The van der Waals surface area contributed by atoms with Gasteiger partial charge in [-0.15, -0.1) is 11.3 Å². The minimum atomic E-state index is -0.587. The van der Waals surface area contributed by atoms with Gasteiger partial charge in [0.05, 0.1) is 12.7 Å². The molecule has 0 spiro atoms. The summed E-state index contributed by atoms with van der Waals surface area (Å²) in [6, 6.07) is 15.4. The second-order valence-electron chi connectivity index (χ2n) is 9.28. The van der Waals surface area contributed by atoms with E-state index in [1.54, 1.807) is 47.9 Å². The van der Waals surface area contributed by atoms with Gasteiger partial charge in [-0.1, -0.05) is 12.1 Å². The number of benzene rings is 1. The molecule has 2 aromatic heterocycles. The molecule has 1 aliphatic rings. The van der Waals surface area contributed by atoms with Crippen molar-refractivity contribution in [2.45, 2.75) is 44.9 Å². The molecule has 2 atom stereocenters. The Hall–Kier alpha value is -3.27. The van der Waals surface area contributed by atoms with E-state index in [1.165, 1.54) is 9.75 Å². The van der Waals surface area contributed by atoms with Crippen LogP contribution in [0.4, 0.5) is 0 Å². The Balaban J connectivity index is 1.59. The quantitative estimate of drug-likeness (QED) is 0.425. The zero-order valence-electron chi connectivity index (χ0n) is 21.4. The standard InChI is InChI=1S/C28H35N5O3S/c1-20-8-9-25(37-20)19-32(18-21-5-3-7-24(15-21)36-2)23-10-14-33(26(16-23)27(34)31-13-11-29)28(35)22-6-4-12-30-17-22/h3-9,12,15,17,23,26H,10-11,13-14,16,18-19,29H2,1-2H3,(H,31,34)/t23?,26-/m1/s1. The number of nitrogens with zero attached hydrogens (tertiary/aromatic N) is 3. The Morgan fingerprint density at radius 1 is 1.22 bits per heavy atom. The van der Waals surface area contributed by atoms with Gasteiger partial charge in [0.1, 0.15) is 11.8 Å². The van der Waals surface area contributed by atoms with E-state index < -0.39 is 6.04 Å². The largest absolute Gasteiger partial charge is 0.497 e. The highest BCUT2D eigenvalue weighted by atomic mass is 32.1. The summed E-state index contributed by atoms with van der Waals surface area (Å²) in [4.78, 5) is 37.4. The molecule has 37 heavy (non-hydrogen) atoms. The topological polar surface area (TPSA) is 101 Å². The fraction of sp³-hybridized carbons (Fsp3) is 0.393. The van der Waals surface area contributed by atoms with E-state index in [0.29, 0.717) is 38.2 Å². The van der Waals surface area contributed by atoms with Crippen molar-refractivity contribution in [3.8, 4) is 5.75 Å². The highest BCUT2D eigenvalue weighted by molar-refractivity contribution is 7.11. The van der Waals surface area contributed by atoms with E-state index in [2.05, 4.69) is 46.4 Å². The van der Waals surface area contributed by atoms with E-state index >= 15 is 0 Å². The summed E-state index contributed by atoms with van der Waals surface area (Å²) in [6.07, 6.45) is 4.49. The van der Waals surface area contributed by atoms with E-state index in [9.17, 15) is 9.59 Å². The van der Waals surface area contributed by atoms with Gasteiger partial charge in [-0.25, -0.2) is 0 Å². The van der Waals surface area contributed by atoms with E-state index in [-0.39, 0.29) is 17.9 Å². The van der Waals surface area contributed by atoms with Crippen LogP contribution in [0.1, 0.15) is 38.5 Å². The molecule has 8 nitrogen and oxygen atoms in total. The monoisotopic (exact) mass is 521 g/mol. The summed E-state index contributed by atoms with van der Waals surface area (Å²) in [5, 5.41) is 2.91. The Morgan fingerprint density at radius 2 is 2.08 bits per heavy atom. The third-order valence-corrected chi connectivity index (χ3v) is 7.67. The molecule has 0 aliphatic carbocycles. The first-order valence-corrected chi connectivity index (χ1v) is 13.4. The van der Waals surface area contributed by atoms with E-state index in [1.807, 2.05) is 12.1 Å². The van der Waals surface area contributed by atoms with Crippen LogP contribution in [0.2, 0.25) is 0 Å². The normalized spacial score (nSPS) is 17.6. The molecule has 0 radical (unpaired) electrons. The van der Waals surface area contributed by atoms with E-state index in [4.69, 9.17) is 10.5 Å². The maximum atomic E-state index is 13.4. The van der Waals surface area contributed by atoms with Crippen LogP contribution in [0, 0.1) is 6.92 Å². The van der Waals surface area contributed by atoms with Crippen LogP contribution in [0.25, 0.3) is 0 Å². The number of carbonyl (C=O) groups is 2. The molecule has 0 bridgehead atoms. The highest BCUT2D eigenvalue weighted by Crippen LogP contribution is 2.29. The molecule has 9 heteroatoms. The lowest BCUT2D eigenvalue weighted by Crippen LogP contribution is -2.57. The van der Waals surface area contributed by atoms with Crippen LogP contribution >= 0.6 is 11.3 Å². The molecule has 196 valence electrons. The highest BCUT2D eigenvalue weighted by Gasteiger charge is 2.38. The zero-order valence-corrected chi connectivity index (χ0v) is 22.2. The summed E-state index contributed by atoms with van der Waals surface area (Å²) in [6.45, 7) is 4.80. The number of ether oxygens (including phenoxy) is 1. The molecule has 3 heterocycles. The van der Waals surface area contributed by atoms with Gasteiger partial charge in [0.25, 0.3) is 5.91 Å². The van der Waals surface area contributed by atoms with Crippen molar-refractivity contribution >= 4 is 23.2 Å². The molecular formula is C28H35N5O3S. The first-order valence-electron chi connectivity index (χ1n) is 12.6.